The third-order valence-corrected chi connectivity index (χ3v) is 4.27. The number of terminal acetylenes is 1. The predicted molar refractivity (Wildman–Crippen MR) is 92.7 cm³/mol. The molecule has 0 aliphatic carbocycles. The van der Waals surface area contributed by atoms with Crippen molar-refractivity contribution in [3.05, 3.63) is 17.7 Å². The Bertz CT molecular complexity index is 671. The van der Waals surface area contributed by atoms with Gasteiger partial charge >= 0.3 is 0 Å². The average molecular weight is 329 g/mol. The van der Waals surface area contributed by atoms with Gasteiger partial charge in [0.05, 0.1) is 18.8 Å². The van der Waals surface area contributed by atoms with Crippen LogP contribution in [0.5, 0.6) is 11.5 Å². The molecule has 1 heterocycles. The molecule has 0 aromatic heterocycles. The first-order valence-corrected chi connectivity index (χ1v) is 8.27. The third-order valence-electron chi connectivity index (χ3n) is 4.27. The summed E-state index contributed by atoms with van der Waals surface area (Å²) in [6.07, 6.45) is 8.03. The number of fused-ring (bicyclic) bond motifs is 1. The minimum absolute atomic E-state index is 0.118. The Balaban J connectivity index is 2.65. The largest absolute Gasteiger partial charge is 0.490 e. The van der Waals surface area contributed by atoms with E-state index in [4.69, 9.17) is 15.9 Å². The van der Waals surface area contributed by atoms with E-state index in [-0.39, 0.29) is 12.5 Å². The molecule has 0 saturated heterocycles. The van der Waals surface area contributed by atoms with Gasteiger partial charge < -0.3 is 9.47 Å². The number of hydrogen-bond acceptors (Lipinski definition) is 4. The van der Waals surface area contributed by atoms with Crippen LogP contribution in [0.25, 0.3) is 0 Å². The van der Waals surface area contributed by atoms with Gasteiger partial charge in [-0.1, -0.05) is 26.7 Å². The quantitative estimate of drug-likeness (QED) is 0.569. The van der Waals surface area contributed by atoms with Gasteiger partial charge in [0.2, 0.25) is 0 Å². The summed E-state index contributed by atoms with van der Waals surface area (Å²) in [7, 11) is 0. The van der Waals surface area contributed by atoms with E-state index in [0.717, 1.165) is 12.7 Å². The molecule has 0 atom stereocenters. The van der Waals surface area contributed by atoms with Gasteiger partial charge in [0.1, 0.15) is 6.29 Å². The van der Waals surface area contributed by atoms with Crippen molar-refractivity contribution in [2.75, 3.05) is 18.1 Å². The minimum Gasteiger partial charge on any atom is -0.490 e. The Kier molecular flexibility index (Phi) is 5.50. The van der Waals surface area contributed by atoms with Crippen molar-refractivity contribution in [2.45, 2.75) is 45.6 Å². The first kappa shape index (κ1) is 17.9. The fraction of sp³-hybridized carbons (Fsp3) is 0.474. The van der Waals surface area contributed by atoms with Crippen LogP contribution in [0.2, 0.25) is 0 Å². The third kappa shape index (κ3) is 2.96. The summed E-state index contributed by atoms with van der Waals surface area (Å²) < 4.78 is 11.9. The molecule has 0 spiro atoms. The van der Waals surface area contributed by atoms with Crippen molar-refractivity contribution in [3.63, 3.8) is 0 Å². The molecule has 5 nitrogen and oxygen atoms in total. The van der Waals surface area contributed by atoms with Crippen LogP contribution in [0.15, 0.2) is 12.1 Å². The lowest BCUT2D eigenvalue weighted by Crippen LogP contribution is -2.55. The van der Waals surface area contributed by atoms with Gasteiger partial charge in [-0.2, -0.15) is 0 Å². The Labute approximate surface area is 142 Å². The topological polar surface area (TPSA) is 55.8 Å². The summed E-state index contributed by atoms with van der Waals surface area (Å²) >= 11 is 0. The predicted octanol–water partition coefficient (Wildman–Crippen LogP) is 3.21. The van der Waals surface area contributed by atoms with E-state index < -0.39 is 5.60 Å². The molecular formula is C19H23NO4. The Morgan fingerprint density at radius 3 is 2.58 bits per heavy atom. The van der Waals surface area contributed by atoms with Gasteiger partial charge in [0.15, 0.2) is 17.1 Å². The molecule has 0 radical (unpaired) electrons. The molecule has 128 valence electrons. The van der Waals surface area contributed by atoms with Crippen LogP contribution in [-0.2, 0) is 4.79 Å². The van der Waals surface area contributed by atoms with Gasteiger partial charge in [-0.25, -0.2) is 0 Å². The maximum Gasteiger partial charge on any atom is 0.272 e. The second kappa shape index (κ2) is 7.39. The van der Waals surface area contributed by atoms with Crippen LogP contribution in [0, 0.1) is 12.3 Å². The molecular weight excluding hydrogens is 306 g/mol. The van der Waals surface area contributed by atoms with Gasteiger partial charge in [0, 0.05) is 5.56 Å². The average Bonchev–Trinajstić information content (AvgIpc) is 2.61. The van der Waals surface area contributed by atoms with Crippen molar-refractivity contribution in [3.8, 4) is 23.8 Å². The highest BCUT2D eigenvalue weighted by Crippen LogP contribution is 2.46. The van der Waals surface area contributed by atoms with E-state index in [1.807, 2.05) is 20.8 Å². The van der Waals surface area contributed by atoms with Crippen molar-refractivity contribution in [2.24, 2.45) is 0 Å². The number of carbonyl (C=O) groups is 2. The number of amides is 1. The van der Waals surface area contributed by atoms with E-state index in [1.54, 1.807) is 12.1 Å². The molecule has 1 aromatic carbocycles. The Hall–Kier alpha value is -2.48. The fourth-order valence-corrected chi connectivity index (χ4v) is 2.84. The van der Waals surface area contributed by atoms with E-state index in [9.17, 15) is 9.59 Å². The van der Waals surface area contributed by atoms with Crippen LogP contribution in [0.3, 0.4) is 0 Å². The molecule has 0 N–H and O–H groups in total. The number of carbonyl (C=O) groups excluding carboxylic acids is 2. The molecule has 1 aromatic rings. The molecule has 5 heteroatoms. The SMILES string of the molecule is C#CCN1C(=O)C(CC)(CC)Oc2c(OCCC)cc(C=O)cc21. The van der Waals surface area contributed by atoms with Crippen LogP contribution in [0.4, 0.5) is 5.69 Å². The first-order chi connectivity index (χ1) is 11.6. The van der Waals surface area contributed by atoms with Crippen LogP contribution >= 0.6 is 0 Å². The van der Waals surface area contributed by atoms with Crippen LogP contribution < -0.4 is 14.4 Å². The summed E-state index contributed by atoms with van der Waals surface area (Å²) in [5.41, 5.74) is -0.0541. The van der Waals surface area contributed by atoms with Crippen molar-refractivity contribution in [1.82, 2.24) is 0 Å². The lowest BCUT2D eigenvalue weighted by molar-refractivity contribution is -0.136. The van der Waals surface area contributed by atoms with Gasteiger partial charge in [-0.3, -0.25) is 14.5 Å². The number of ether oxygens (including phenoxy) is 2. The molecule has 0 saturated carbocycles. The Morgan fingerprint density at radius 2 is 2.04 bits per heavy atom. The number of hydrogen-bond donors (Lipinski definition) is 0. The monoisotopic (exact) mass is 329 g/mol. The number of benzene rings is 1. The summed E-state index contributed by atoms with van der Waals surface area (Å²) in [5.74, 6) is 3.29. The summed E-state index contributed by atoms with van der Waals surface area (Å²) in [4.78, 5) is 25.7. The normalized spacial score (nSPS) is 15.2. The molecule has 1 amide bonds. The maximum atomic E-state index is 13.0. The zero-order valence-electron chi connectivity index (χ0n) is 14.4. The van der Waals surface area contributed by atoms with Gasteiger partial charge in [-0.05, 0) is 31.4 Å². The number of nitrogens with zero attached hydrogens (tertiary/aromatic N) is 1. The number of rotatable bonds is 7. The molecule has 1 aliphatic heterocycles. The van der Waals surface area contributed by atoms with E-state index in [0.29, 0.717) is 42.2 Å². The van der Waals surface area contributed by atoms with Gasteiger partial charge in [-0.15, -0.1) is 6.42 Å². The summed E-state index contributed by atoms with van der Waals surface area (Å²) in [6.45, 7) is 6.42. The number of anilines is 1. The maximum absolute atomic E-state index is 13.0. The van der Waals surface area contributed by atoms with Crippen LogP contribution in [0.1, 0.15) is 50.4 Å². The minimum atomic E-state index is -0.961. The molecule has 0 bridgehead atoms. The lowest BCUT2D eigenvalue weighted by atomic mass is 9.92. The van der Waals surface area contributed by atoms with Crippen molar-refractivity contribution < 1.29 is 19.1 Å². The first-order valence-electron chi connectivity index (χ1n) is 8.27. The zero-order valence-corrected chi connectivity index (χ0v) is 14.4. The van der Waals surface area contributed by atoms with Crippen molar-refractivity contribution >= 4 is 17.9 Å². The summed E-state index contributed by atoms with van der Waals surface area (Å²) in [6, 6.07) is 3.26. The highest BCUT2D eigenvalue weighted by molar-refractivity contribution is 6.04. The highest BCUT2D eigenvalue weighted by Gasteiger charge is 2.46. The van der Waals surface area contributed by atoms with Crippen LogP contribution in [-0.4, -0.2) is 30.9 Å². The highest BCUT2D eigenvalue weighted by atomic mass is 16.5. The van der Waals surface area contributed by atoms with E-state index in [2.05, 4.69) is 5.92 Å². The lowest BCUT2D eigenvalue weighted by Gasteiger charge is -2.41. The second-order valence-corrected chi connectivity index (χ2v) is 5.73. The van der Waals surface area contributed by atoms with E-state index >= 15 is 0 Å². The summed E-state index contributed by atoms with van der Waals surface area (Å²) in [5, 5.41) is 0. The van der Waals surface area contributed by atoms with E-state index in [1.165, 1.54) is 4.90 Å². The molecule has 0 fully saturated rings. The molecule has 0 unspecified atom stereocenters. The zero-order chi connectivity index (χ0) is 17.7. The van der Waals surface area contributed by atoms with Gasteiger partial charge in [0.25, 0.3) is 5.91 Å². The fourth-order valence-electron chi connectivity index (χ4n) is 2.84. The van der Waals surface area contributed by atoms with Crippen molar-refractivity contribution in [1.29, 1.82) is 0 Å². The standard InChI is InChI=1S/C19H23NO4/c1-5-9-20-15-11-14(13-21)12-16(23-10-6-2)17(15)24-19(7-3,8-4)18(20)22/h1,11-13H,6-10H2,2-4H3. The molecule has 24 heavy (non-hydrogen) atoms. The Morgan fingerprint density at radius 1 is 1.33 bits per heavy atom. The smallest absolute Gasteiger partial charge is 0.272 e. The molecule has 1 aliphatic rings. The second-order valence-electron chi connectivity index (χ2n) is 5.73. The number of aldehydes is 1. The molecule has 2 rings (SSSR count).